The van der Waals surface area contributed by atoms with Crippen LogP contribution in [0.4, 0.5) is 0 Å². The van der Waals surface area contributed by atoms with Crippen molar-refractivity contribution in [1.82, 2.24) is 5.32 Å². The van der Waals surface area contributed by atoms with E-state index >= 15 is 0 Å². The fourth-order valence-electron chi connectivity index (χ4n) is 3.69. The van der Waals surface area contributed by atoms with Crippen LogP contribution in [0.25, 0.3) is 0 Å². The molecule has 1 unspecified atom stereocenters. The van der Waals surface area contributed by atoms with Gasteiger partial charge in [0, 0.05) is 12.5 Å². The standard InChI is InChI=1S/C15H26N2O/c1-13(2)10-15(11-16,14(3,4)18-13)17-12-8-6-5-7-9-12/h12,17H,5-10H2,1-4H3. The van der Waals surface area contributed by atoms with Gasteiger partial charge in [0.05, 0.1) is 17.3 Å². The maximum atomic E-state index is 9.72. The largest absolute Gasteiger partial charge is 0.367 e. The van der Waals surface area contributed by atoms with Gasteiger partial charge in [-0.05, 0) is 40.5 Å². The van der Waals surface area contributed by atoms with Crippen molar-refractivity contribution in [1.29, 1.82) is 5.26 Å². The summed E-state index contributed by atoms with van der Waals surface area (Å²) in [6, 6.07) is 3.02. The zero-order chi connectivity index (χ0) is 13.4. The summed E-state index contributed by atoms with van der Waals surface area (Å²) in [6.45, 7) is 8.24. The molecule has 1 heterocycles. The van der Waals surface area contributed by atoms with Gasteiger partial charge in [0.2, 0.25) is 0 Å². The fraction of sp³-hybridized carbons (Fsp3) is 0.933. The molecule has 1 atom stereocenters. The number of hydrogen-bond acceptors (Lipinski definition) is 3. The molecule has 102 valence electrons. The van der Waals surface area contributed by atoms with Gasteiger partial charge in [-0.25, -0.2) is 0 Å². The summed E-state index contributed by atoms with van der Waals surface area (Å²) in [7, 11) is 0. The molecule has 1 aliphatic carbocycles. The Morgan fingerprint density at radius 2 is 1.72 bits per heavy atom. The number of nitrogens with one attached hydrogen (secondary N) is 1. The normalized spacial score (nSPS) is 35.3. The Bertz CT molecular complexity index is 350. The molecule has 3 nitrogen and oxygen atoms in total. The first-order chi connectivity index (χ1) is 8.30. The quantitative estimate of drug-likeness (QED) is 0.819. The molecule has 0 radical (unpaired) electrons. The Morgan fingerprint density at radius 3 is 2.17 bits per heavy atom. The number of nitriles is 1. The zero-order valence-corrected chi connectivity index (χ0v) is 12.2. The van der Waals surface area contributed by atoms with Crippen LogP contribution in [0.2, 0.25) is 0 Å². The van der Waals surface area contributed by atoms with Gasteiger partial charge in [0.15, 0.2) is 0 Å². The lowest BCUT2D eigenvalue weighted by molar-refractivity contribution is -0.0778. The summed E-state index contributed by atoms with van der Waals surface area (Å²) in [5, 5.41) is 13.4. The lowest BCUT2D eigenvalue weighted by Crippen LogP contribution is -2.59. The first kappa shape index (κ1) is 13.8. The van der Waals surface area contributed by atoms with Crippen LogP contribution in [0.5, 0.6) is 0 Å². The van der Waals surface area contributed by atoms with Crippen molar-refractivity contribution in [2.45, 2.75) is 89.0 Å². The van der Waals surface area contributed by atoms with Crippen LogP contribution in [0.1, 0.15) is 66.2 Å². The molecule has 1 saturated carbocycles. The van der Waals surface area contributed by atoms with Gasteiger partial charge in [0.1, 0.15) is 5.54 Å². The van der Waals surface area contributed by atoms with Gasteiger partial charge in [-0.2, -0.15) is 5.26 Å². The van der Waals surface area contributed by atoms with E-state index in [1.165, 1.54) is 32.1 Å². The maximum Gasteiger partial charge on any atom is 0.138 e. The van der Waals surface area contributed by atoms with Crippen molar-refractivity contribution >= 4 is 0 Å². The van der Waals surface area contributed by atoms with Crippen LogP contribution >= 0.6 is 0 Å². The summed E-state index contributed by atoms with van der Waals surface area (Å²) >= 11 is 0. The molecule has 0 spiro atoms. The van der Waals surface area contributed by atoms with Crippen LogP contribution in [0, 0.1) is 11.3 Å². The Kier molecular flexibility index (Phi) is 3.46. The molecule has 2 fully saturated rings. The summed E-state index contributed by atoms with van der Waals surface area (Å²) in [5.74, 6) is 0. The number of ether oxygens (including phenoxy) is 1. The van der Waals surface area contributed by atoms with E-state index in [1.54, 1.807) is 0 Å². The highest BCUT2D eigenvalue weighted by atomic mass is 16.5. The van der Waals surface area contributed by atoms with Crippen LogP contribution in [-0.4, -0.2) is 22.8 Å². The maximum absolute atomic E-state index is 9.72. The van der Waals surface area contributed by atoms with Crippen molar-refractivity contribution in [3.63, 3.8) is 0 Å². The summed E-state index contributed by atoms with van der Waals surface area (Å²) in [6.07, 6.45) is 7.05. The SMILES string of the molecule is CC1(C)CC(C#N)(NC2CCCCC2)C(C)(C)O1. The van der Waals surface area contributed by atoms with Gasteiger partial charge in [-0.15, -0.1) is 0 Å². The molecular weight excluding hydrogens is 224 g/mol. The second-order valence-electron chi connectivity index (χ2n) is 7.05. The third kappa shape index (κ3) is 2.41. The molecule has 18 heavy (non-hydrogen) atoms. The highest BCUT2D eigenvalue weighted by molar-refractivity contribution is 5.23. The summed E-state index contributed by atoms with van der Waals surface area (Å²) in [4.78, 5) is 0. The number of nitrogens with zero attached hydrogens (tertiary/aromatic N) is 1. The topological polar surface area (TPSA) is 45.0 Å². The predicted octanol–water partition coefficient (Wildman–Crippen LogP) is 3.15. The molecule has 2 aliphatic rings. The highest BCUT2D eigenvalue weighted by Gasteiger charge is 2.58. The van der Waals surface area contributed by atoms with E-state index in [0.29, 0.717) is 6.04 Å². The first-order valence-corrected chi connectivity index (χ1v) is 7.19. The Morgan fingerprint density at radius 1 is 1.11 bits per heavy atom. The van der Waals surface area contributed by atoms with Gasteiger partial charge in [-0.3, -0.25) is 5.32 Å². The fourth-order valence-corrected chi connectivity index (χ4v) is 3.69. The molecule has 1 aliphatic heterocycles. The molecule has 2 rings (SSSR count). The monoisotopic (exact) mass is 250 g/mol. The lowest BCUT2D eigenvalue weighted by Gasteiger charge is -2.38. The van der Waals surface area contributed by atoms with Crippen molar-refractivity contribution in [2.75, 3.05) is 0 Å². The van der Waals surface area contributed by atoms with Crippen LogP contribution < -0.4 is 5.32 Å². The Labute approximate surface area is 111 Å². The highest BCUT2D eigenvalue weighted by Crippen LogP contribution is 2.45. The minimum absolute atomic E-state index is 0.221. The number of hydrogen-bond donors (Lipinski definition) is 1. The van der Waals surface area contributed by atoms with Gasteiger partial charge in [-0.1, -0.05) is 19.3 Å². The molecule has 0 aromatic carbocycles. The first-order valence-electron chi connectivity index (χ1n) is 7.19. The Balaban J connectivity index is 2.17. The summed E-state index contributed by atoms with van der Waals surface area (Å²) < 4.78 is 6.10. The third-order valence-corrected chi connectivity index (χ3v) is 4.50. The van der Waals surface area contributed by atoms with Crippen molar-refractivity contribution in [2.24, 2.45) is 0 Å². The molecule has 0 aromatic rings. The molecule has 1 saturated heterocycles. The summed E-state index contributed by atoms with van der Waals surface area (Å²) in [5.41, 5.74) is -1.19. The smallest absolute Gasteiger partial charge is 0.138 e. The minimum atomic E-state index is -0.543. The van der Waals surface area contributed by atoms with Gasteiger partial charge >= 0.3 is 0 Å². The minimum Gasteiger partial charge on any atom is -0.367 e. The molecule has 3 heteroatoms. The van der Waals surface area contributed by atoms with Crippen LogP contribution in [0.15, 0.2) is 0 Å². The average Bonchev–Trinajstić information content (AvgIpc) is 2.45. The zero-order valence-electron chi connectivity index (χ0n) is 12.2. The van der Waals surface area contributed by atoms with Gasteiger partial charge < -0.3 is 4.74 Å². The van der Waals surface area contributed by atoms with Crippen molar-refractivity contribution in [3.8, 4) is 6.07 Å². The van der Waals surface area contributed by atoms with Crippen LogP contribution in [0.3, 0.4) is 0 Å². The lowest BCUT2D eigenvalue weighted by atomic mass is 9.78. The van der Waals surface area contributed by atoms with E-state index in [-0.39, 0.29) is 5.60 Å². The predicted molar refractivity (Wildman–Crippen MR) is 72.2 cm³/mol. The molecular formula is C15H26N2O. The average molecular weight is 250 g/mol. The van der Waals surface area contributed by atoms with E-state index in [2.05, 4.69) is 25.2 Å². The Hall–Kier alpha value is -0.590. The van der Waals surface area contributed by atoms with Gasteiger partial charge in [0.25, 0.3) is 0 Å². The van der Waals surface area contributed by atoms with E-state index < -0.39 is 11.1 Å². The van der Waals surface area contributed by atoms with E-state index in [9.17, 15) is 5.26 Å². The van der Waals surface area contributed by atoms with E-state index in [1.807, 2.05) is 13.8 Å². The molecule has 0 aromatic heterocycles. The molecule has 1 N–H and O–H groups in total. The number of rotatable bonds is 2. The second-order valence-corrected chi connectivity index (χ2v) is 7.05. The molecule has 0 bridgehead atoms. The van der Waals surface area contributed by atoms with Crippen LogP contribution in [-0.2, 0) is 4.74 Å². The van der Waals surface area contributed by atoms with Crippen molar-refractivity contribution < 1.29 is 4.74 Å². The third-order valence-electron chi connectivity index (χ3n) is 4.50. The molecule has 0 amide bonds. The second kappa shape index (κ2) is 4.51. The van der Waals surface area contributed by atoms with Crippen molar-refractivity contribution in [3.05, 3.63) is 0 Å². The van der Waals surface area contributed by atoms with E-state index in [4.69, 9.17) is 4.74 Å². The van der Waals surface area contributed by atoms with E-state index in [0.717, 1.165) is 6.42 Å².